The molecule has 0 aromatic heterocycles. The molecular weight excluding hydrogens is 186 g/mol. The molecule has 0 bridgehead atoms. The van der Waals surface area contributed by atoms with E-state index < -0.39 is 0 Å². The first-order chi connectivity index (χ1) is 7.38. The fraction of sp³-hybridized carbons (Fsp3) is 0.385. The van der Waals surface area contributed by atoms with Gasteiger partial charge in [0.05, 0.1) is 6.54 Å². The van der Waals surface area contributed by atoms with E-state index in [0.717, 1.165) is 18.8 Å². The van der Waals surface area contributed by atoms with Gasteiger partial charge in [-0.15, -0.1) is 0 Å². The SMILES string of the molecule is C=CCOc1ccccc1C[NH2+]CCC. The van der Waals surface area contributed by atoms with Crippen LogP contribution < -0.4 is 10.1 Å². The van der Waals surface area contributed by atoms with Crippen molar-refractivity contribution in [2.24, 2.45) is 0 Å². The number of nitrogens with two attached hydrogens (primary N) is 1. The molecule has 0 fully saturated rings. The van der Waals surface area contributed by atoms with Crippen molar-refractivity contribution in [2.45, 2.75) is 19.9 Å². The molecule has 0 saturated heterocycles. The molecule has 2 nitrogen and oxygen atoms in total. The monoisotopic (exact) mass is 206 g/mol. The zero-order chi connectivity index (χ0) is 10.9. The molecule has 0 unspecified atom stereocenters. The van der Waals surface area contributed by atoms with Crippen LogP contribution in [0.2, 0.25) is 0 Å². The average Bonchev–Trinajstić information content (AvgIpc) is 2.28. The topological polar surface area (TPSA) is 25.8 Å². The summed E-state index contributed by atoms with van der Waals surface area (Å²) in [6.45, 7) is 8.56. The highest BCUT2D eigenvalue weighted by atomic mass is 16.5. The molecule has 15 heavy (non-hydrogen) atoms. The number of hydrogen-bond acceptors (Lipinski definition) is 1. The third kappa shape index (κ3) is 4.17. The summed E-state index contributed by atoms with van der Waals surface area (Å²) in [5.74, 6) is 0.977. The van der Waals surface area contributed by atoms with E-state index in [0.29, 0.717) is 6.61 Å². The molecule has 0 spiro atoms. The van der Waals surface area contributed by atoms with Crippen molar-refractivity contribution in [2.75, 3.05) is 13.2 Å². The van der Waals surface area contributed by atoms with Gasteiger partial charge in [-0.2, -0.15) is 0 Å². The van der Waals surface area contributed by atoms with Crippen LogP contribution in [0.1, 0.15) is 18.9 Å². The zero-order valence-corrected chi connectivity index (χ0v) is 9.41. The van der Waals surface area contributed by atoms with Crippen LogP contribution in [0.5, 0.6) is 5.75 Å². The van der Waals surface area contributed by atoms with Crippen molar-refractivity contribution in [1.29, 1.82) is 0 Å². The lowest BCUT2D eigenvalue weighted by molar-refractivity contribution is -0.670. The molecular formula is C13H20NO+. The Labute approximate surface area is 92.0 Å². The van der Waals surface area contributed by atoms with Crippen molar-refractivity contribution < 1.29 is 10.1 Å². The minimum atomic E-state index is 0.574. The Kier molecular flexibility index (Phi) is 5.56. The lowest BCUT2D eigenvalue weighted by Gasteiger charge is -2.08. The van der Waals surface area contributed by atoms with Gasteiger partial charge in [-0.25, -0.2) is 0 Å². The summed E-state index contributed by atoms with van der Waals surface area (Å²) in [5.41, 5.74) is 1.26. The normalized spacial score (nSPS) is 9.93. The molecule has 0 heterocycles. The van der Waals surface area contributed by atoms with Crippen LogP contribution in [0.25, 0.3) is 0 Å². The molecule has 0 saturated carbocycles. The van der Waals surface area contributed by atoms with Crippen molar-refractivity contribution in [3.8, 4) is 5.75 Å². The van der Waals surface area contributed by atoms with Crippen LogP contribution in [0, 0.1) is 0 Å². The summed E-state index contributed by atoms with van der Waals surface area (Å²) in [7, 11) is 0. The quantitative estimate of drug-likeness (QED) is 0.533. The first-order valence-electron chi connectivity index (χ1n) is 5.51. The van der Waals surface area contributed by atoms with Gasteiger partial charge in [0.2, 0.25) is 0 Å². The predicted octanol–water partition coefficient (Wildman–Crippen LogP) is 1.72. The van der Waals surface area contributed by atoms with E-state index in [1.807, 2.05) is 12.1 Å². The second kappa shape index (κ2) is 7.07. The fourth-order valence-corrected chi connectivity index (χ4v) is 1.42. The Bertz CT molecular complexity index is 296. The number of benzene rings is 1. The van der Waals surface area contributed by atoms with Gasteiger partial charge in [-0.05, 0) is 18.6 Å². The van der Waals surface area contributed by atoms with E-state index >= 15 is 0 Å². The maximum Gasteiger partial charge on any atom is 0.128 e. The van der Waals surface area contributed by atoms with Crippen LogP contribution in [0.15, 0.2) is 36.9 Å². The summed E-state index contributed by atoms with van der Waals surface area (Å²) in [4.78, 5) is 0. The summed E-state index contributed by atoms with van der Waals surface area (Å²) in [5, 5.41) is 2.30. The molecule has 1 aromatic carbocycles. The summed E-state index contributed by atoms with van der Waals surface area (Å²) < 4.78 is 5.58. The number of para-hydroxylation sites is 1. The third-order valence-corrected chi connectivity index (χ3v) is 2.19. The van der Waals surface area contributed by atoms with Gasteiger partial charge >= 0.3 is 0 Å². The van der Waals surface area contributed by atoms with Gasteiger partial charge in [0, 0.05) is 5.56 Å². The number of hydrogen-bond donors (Lipinski definition) is 1. The van der Waals surface area contributed by atoms with Crippen molar-refractivity contribution >= 4 is 0 Å². The summed E-state index contributed by atoms with van der Waals surface area (Å²) in [6.07, 6.45) is 2.97. The largest absolute Gasteiger partial charge is 0.489 e. The third-order valence-electron chi connectivity index (χ3n) is 2.19. The summed E-state index contributed by atoms with van der Waals surface area (Å²) in [6, 6.07) is 8.18. The van der Waals surface area contributed by atoms with Crippen LogP contribution >= 0.6 is 0 Å². The first-order valence-corrected chi connectivity index (χ1v) is 5.51. The molecule has 0 atom stereocenters. The zero-order valence-electron chi connectivity index (χ0n) is 9.41. The molecule has 2 N–H and O–H groups in total. The van der Waals surface area contributed by atoms with Gasteiger partial charge in [0.15, 0.2) is 0 Å². The molecule has 1 aromatic rings. The highest BCUT2D eigenvalue weighted by molar-refractivity contribution is 5.32. The molecule has 82 valence electrons. The molecule has 0 radical (unpaired) electrons. The summed E-state index contributed by atoms with van der Waals surface area (Å²) >= 11 is 0. The Morgan fingerprint density at radius 2 is 2.20 bits per heavy atom. The van der Waals surface area contributed by atoms with E-state index in [1.54, 1.807) is 6.08 Å². The molecule has 0 amide bonds. The Hall–Kier alpha value is -1.28. The van der Waals surface area contributed by atoms with Gasteiger partial charge in [0.1, 0.15) is 18.9 Å². The van der Waals surface area contributed by atoms with E-state index in [2.05, 4.69) is 31.0 Å². The highest BCUT2D eigenvalue weighted by Crippen LogP contribution is 2.16. The minimum Gasteiger partial charge on any atom is -0.489 e. The van der Waals surface area contributed by atoms with Crippen LogP contribution in [0.3, 0.4) is 0 Å². The van der Waals surface area contributed by atoms with E-state index in [4.69, 9.17) is 4.74 Å². The van der Waals surface area contributed by atoms with Gasteiger partial charge in [-0.3, -0.25) is 0 Å². The maximum absolute atomic E-state index is 5.58. The van der Waals surface area contributed by atoms with E-state index in [9.17, 15) is 0 Å². The molecule has 1 rings (SSSR count). The standard InChI is InChI=1S/C13H19NO/c1-3-9-14-11-12-7-5-6-8-13(12)15-10-4-2/h4-8,14H,2-3,9-11H2,1H3/p+1. The second-order valence-electron chi connectivity index (χ2n) is 3.49. The van der Waals surface area contributed by atoms with Crippen LogP contribution in [-0.2, 0) is 6.54 Å². The van der Waals surface area contributed by atoms with Gasteiger partial charge in [-0.1, -0.05) is 31.7 Å². The second-order valence-corrected chi connectivity index (χ2v) is 3.49. The smallest absolute Gasteiger partial charge is 0.128 e. The van der Waals surface area contributed by atoms with Gasteiger partial charge < -0.3 is 10.1 Å². The fourth-order valence-electron chi connectivity index (χ4n) is 1.42. The minimum absolute atomic E-state index is 0.574. The lowest BCUT2D eigenvalue weighted by Crippen LogP contribution is -2.82. The van der Waals surface area contributed by atoms with Crippen molar-refractivity contribution in [3.63, 3.8) is 0 Å². The first kappa shape index (κ1) is 11.8. The number of rotatable bonds is 7. The number of quaternary nitrogens is 1. The average molecular weight is 206 g/mol. The molecule has 0 aliphatic carbocycles. The van der Waals surface area contributed by atoms with Crippen LogP contribution in [-0.4, -0.2) is 13.2 Å². The Morgan fingerprint density at radius 3 is 2.93 bits per heavy atom. The van der Waals surface area contributed by atoms with Crippen LogP contribution in [0.4, 0.5) is 0 Å². The van der Waals surface area contributed by atoms with E-state index in [1.165, 1.54) is 12.0 Å². The van der Waals surface area contributed by atoms with Crippen molar-refractivity contribution in [3.05, 3.63) is 42.5 Å². The Morgan fingerprint density at radius 1 is 1.40 bits per heavy atom. The molecule has 0 aliphatic rings. The van der Waals surface area contributed by atoms with Crippen molar-refractivity contribution in [1.82, 2.24) is 0 Å². The maximum atomic E-state index is 5.58. The lowest BCUT2D eigenvalue weighted by atomic mass is 10.2. The molecule has 0 aliphatic heterocycles. The molecule has 2 heteroatoms. The predicted molar refractivity (Wildman–Crippen MR) is 62.9 cm³/mol. The van der Waals surface area contributed by atoms with E-state index in [-0.39, 0.29) is 0 Å². The van der Waals surface area contributed by atoms with Gasteiger partial charge in [0.25, 0.3) is 0 Å². The Balaban J connectivity index is 2.55. The highest BCUT2D eigenvalue weighted by Gasteiger charge is 2.03. The number of ether oxygens (including phenoxy) is 1.